The Kier molecular flexibility index (Phi) is 6.71. The van der Waals surface area contributed by atoms with E-state index in [1.165, 1.54) is 5.56 Å². The Morgan fingerprint density at radius 1 is 0.875 bits per heavy atom. The Balaban J connectivity index is 1.57. The van der Waals surface area contributed by atoms with Crippen molar-refractivity contribution in [1.82, 2.24) is 5.32 Å². The maximum absolute atomic E-state index is 10.7. The van der Waals surface area contributed by atoms with Gasteiger partial charge in [0.05, 0.1) is 21.3 Å². The monoisotopic (exact) mass is 435 g/mol. The molecule has 0 aliphatic carbocycles. The summed E-state index contributed by atoms with van der Waals surface area (Å²) in [6.45, 7) is 1.27. The highest BCUT2D eigenvalue weighted by Crippen LogP contribution is 2.40. The normalized spacial score (nSPS) is 15.0. The molecule has 1 atom stereocenters. The average Bonchev–Trinajstić information content (AvgIpc) is 2.83. The molecule has 3 aromatic rings. The predicted molar refractivity (Wildman–Crippen MR) is 123 cm³/mol. The zero-order valence-electron chi connectivity index (χ0n) is 18.7. The molecule has 0 fully saturated rings. The fraction of sp³-hybridized carbons (Fsp3) is 0.308. The number of nitrogens with one attached hydrogen (secondary N) is 1. The Morgan fingerprint density at radius 2 is 1.59 bits per heavy atom. The number of methoxy groups -OCH3 is 3. The van der Waals surface area contributed by atoms with Crippen LogP contribution in [0.5, 0.6) is 28.7 Å². The predicted octanol–water partition coefficient (Wildman–Crippen LogP) is 4.43. The first-order valence-electron chi connectivity index (χ1n) is 10.7. The van der Waals surface area contributed by atoms with E-state index in [0.717, 1.165) is 29.7 Å². The van der Waals surface area contributed by atoms with Gasteiger partial charge < -0.3 is 29.4 Å². The fourth-order valence-corrected chi connectivity index (χ4v) is 4.18. The molecule has 2 N–H and O–H groups in total. The summed E-state index contributed by atoms with van der Waals surface area (Å²) < 4.78 is 22.3. The van der Waals surface area contributed by atoms with E-state index in [0.29, 0.717) is 36.0 Å². The van der Waals surface area contributed by atoms with Gasteiger partial charge in [-0.3, -0.25) is 0 Å². The number of benzene rings is 3. The van der Waals surface area contributed by atoms with Crippen LogP contribution in [0.4, 0.5) is 0 Å². The molecule has 0 radical (unpaired) electrons. The third-order valence-corrected chi connectivity index (χ3v) is 5.78. The van der Waals surface area contributed by atoms with Gasteiger partial charge in [0.15, 0.2) is 23.0 Å². The van der Waals surface area contributed by atoms with Crippen LogP contribution in [0, 0.1) is 0 Å². The average molecular weight is 436 g/mol. The maximum atomic E-state index is 10.7. The molecule has 3 aromatic carbocycles. The van der Waals surface area contributed by atoms with Crippen molar-refractivity contribution >= 4 is 0 Å². The number of rotatable bonds is 8. The van der Waals surface area contributed by atoms with E-state index < -0.39 is 0 Å². The highest BCUT2D eigenvalue weighted by Gasteiger charge is 2.24. The highest BCUT2D eigenvalue weighted by atomic mass is 16.5. The van der Waals surface area contributed by atoms with Crippen LogP contribution < -0.4 is 24.3 Å². The maximum Gasteiger partial charge on any atom is 0.203 e. The SMILES string of the molecule is COc1cc(CC2NCCc3cc(OCc4ccccc4)c(O)cc32)cc(OC)c1OC. The first-order valence-corrected chi connectivity index (χ1v) is 10.7. The van der Waals surface area contributed by atoms with Gasteiger partial charge in [-0.1, -0.05) is 30.3 Å². The molecule has 1 unspecified atom stereocenters. The van der Waals surface area contributed by atoms with Crippen LogP contribution in [0.1, 0.15) is 28.3 Å². The molecule has 32 heavy (non-hydrogen) atoms. The van der Waals surface area contributed by atoms with Crippen LogP contribution in [0.3, 0.4) is 0 Å². The number of phenols is 1. The molecule has 0 saturated carbocycles. The number of ether oxygens (including phenoxy) is 4. The fourth-order valence-electron chi connectivity index (χ4n) is 4.18. The molecule has 0 spiro atoms. The first-order chi connectivity index (χ1) is 15.6. The summed E-state index contributed by atoms with van der Waals surface area (Å²) in [6, 6.07) is 17.7. The van der Waals surface area contributed by atoms with Crippen molar-refractivity contribution < 1.29 is 24.1 Å². The summed E-state index contributed by atoms with van der Waals surface area (Å²) >= 11 is 0. The molecule has 0 bridgehead atoms. The van der Waals surface area contributed by atoms with Gasteiger partial charge in [-0.25, -0.2) is 0 Å². The molecule has 4 rings (SSSR count). The number of hydrogen-bond donors (Lipinski definition) is 2. The second-order valence-electron chi connectivity index (χ2n) is 7.79. The summed E-state index contributed by atoms with van der Waals surface area (Å²) in [6.07, 6.45) is 1.59. The van der Waals surface area contributed by atoms with E-state index in [2.05, 4.69) is 5.32 Å². The third-order valence-electron chi connectivity index (χ3n) is 5.78. The summed E-state index contributed by atoms with van der Waals surface area (Å²) in [5.74, 6) is 2.50. The van der Waals surface area contributed by atoms with Crippen LogP contribution in [-0.4, -0.2) is 33.0 Å². The van der Waals surface area contributed by atoms with Gasteiger partial charge >= 0.3 is 0 Å². The molecule has 0 amide bonds. The smallest absolute Gasteiger partial charge is 0.203 e. The van der Waals surface area contributed by atoms with Crippen molar-refractivity contribution in [2.24, 2.45) is 0 Å². The van der Waals surface area contributed by atoms with Gasteiger partial charge in [-0.2, -0.15) is 0 Å². The third kappa shape index (κ3) is 4.60. The van der Waals surface area contributed by atoms with Gasteiger partial charge in [0.1, 0.15) is 6.61 Å². The minimum Gasteiger partial charge on any atom is -0.504 e. The van der Waals surface area contributed by atoms with Crippen LogP contribution in [0.15, 0.2) is 54.6 Å². The Hall–Kier alpha value is -3.38. The summed E-state index contributed by atoms with van der Waals surface area (Å²) in [5, 5.41) is 14.2. The van der Waals surface area contributed by atoms with Crippen LogP contribution in [0.2, 0.25) is 0 Å². The Morgan fingerprint density at radius 3 is 2.25 bits per heavy atom. The zero-order chi connectivity index (χ0) is 22.5. The first kappa shape index (κ1) is 21.8. The van der Waals surface area contributed by atoms with Crippen molar-refractivity contribution in [3.63, 3.8) is 0 Å². The van der Waals surface area contributed by atoms with E-state index in [1.807, 2.05) is 54.6 Å². The molecule has 0 saturated heterocycles. The molecular weight excluding hydrogens is 406 g/mol. The minimum atomic E-state index is 0.0515. The van der Waals surface area contributed by atoms with Crippen molar-refractivity contribution in [2.45, 2.75) is 25.5 Å². The molecule has 1 aliphatic rings. The van der Waals surface area contributed by atoms with Crippen molar-refractivity contribution in [2.75, 3.05) is 27.9 Å². The van der Waals surface area contributed by atoms with Gasteiger partial charge in [0.25, 0.3) is 0 Å². The van der Waals surface area contributed by atoms with Crippen LogP contribution >= 0.6 is 0 Å². The molecule has 1 aliphatic heterocycles. The lowest BCUT2D eigenvalue weighted by Crippen LogP contribution is -2.31. The zero-order valence-corrected chi connectivity index (χ0v) is 18.7. The number of hydrogen-bond acceptors (Lipinski definition) is 6. The number of phenolic OH excluding ortho intramolecular Hbond substituents is 1. The molecule has 0 aromatic heterocycles. The number of aromatic hydroxyl groups is 1. The lowest BCUT2D eigenvalue weighted by atomic mass is 9.89. The van der Waals surface area contributed by atoms with Gasteiger partial charge in [0.2, 0.25) is 5.75 Å². The lowest BCUT2D eigenvalue weighted by Gasteiger charge is -2.28. The van der Waals surface area contributed by atoms with Gasteiger partial charge in [0, 0.05) is 6.04 Å². The van der Waals surface area contributed by atoms with Crippen molar-refractivity contribution in [3.05, 3.63) is 76.9 Å². The minimum absolute atomic E-state index is 0.0515. The van der Waals surface area contributed by atoms with E-state index in [-0.39, 0.29) is 11.8 Å². The van der Waals surface area contributed by atoms with E-state index >= 15 is 0 Å². The topological polar surface area (TPSA) is 69.2 Å². The Bertz CT molecular complexity index is 1040. The summed E-state index contributed by atoms with van der Waals surface area (Å²) in [4.78, 5) is 0. The second-order valence-corrected chi connectivity index (χ2v) is 7.79. The highest BCUT2D eigenvalue weighted by molar-refractivity contribution is 5.54. The molecule has 6 nitrogen and oxygen atoms in total. The van der Waals surface area contributed by atoms with Gasteiger partial charge in [-0.15, -0.1) is 0 Å². The lowest BCUT2D eigenvalue weighted by molar-refractivity contribution is 0.288. The quantitative estimate of drug-likeness (QED) is 0.546. The number of fused-ring (bicyclic) bond motifs is 1. The standard InChI is InChI=1S/C26H29NO5/c1-29-24-12-18(13-25(30-2)26(24)31-3)11-21-20-15-22(28)23(14-19(20)9-10-27-21)32-16-17-7-5-4-6-8-17/h4-8,12-15,21,27-28H,9-11,16H2,1-3H3. The van der Waals surface area contributed by atoms with Crippen molar-refractivity contribution in [1.29, 1.82) is 0 Å². The Labute approximate surface area is 188 Å². The van der Waals surface area contributed by atoms with E-state index in [4.69, 9.17) is 18.9 Å². The van der Waals surface area contributed by atoms with E-state index in [1.54, 1.807) is 21.3 Å². The van der Waals surface area contributed by atoms with E-state index in [9.17, 15) is 5.11 Å². The van der Waals surface area contributed by atoms with Crippen LogP contribution in [-0.2, 0) is 19.4 Å². The molecule has 6 heteroatoms. The van der Waals surface area contributed by atoms with Crippen LogP contribution in [0.25, 0.3) is 0 Å². The molecule has 168 valence electrons. The van der Waals surface area contributed by atoms with Gasteiger partial charge in [-0.05, 0) is 65.9 Å². The molecular formula is C26H29NO5. The van der Waals surface area contributed by atoms with Crippen molar-refractivity contribution in [3.8, 4) is 28.7 Å². The second kappa shape index (κ2) is 9.83. The molecule has 1 heterocycles. The summed E-state index contributed by atoms with van der Waals surface area (Å²) in [5.41, 5.74) is 4.37. The summed E-state index contributed by atoms with van der Waals surface area (Å²) in [7, 11) is 4.83. The largest absolute Gasteiger partial charge is 0.504 e.